The van der Waals surface area contributed by atoms with Crippen LogP contribution in [0.15, 0.2) is 0 Å². The van der Waals surface area contributed by atoms with Gasteiger partial charge in [-0.2, -0.15) is 0 Å². The Bertz CT molecular complexity index is 169. The van der Waals surface area contributed by atoms with Crippen molar-refractivity contribution in [3.63, 3.8) is 0 Å². The van der Waals surface area contributed by atoms with Gasteiger partial charge in [0, 0.05) is 7.11 Å². The molecule has 1 N–H and O–H groups in total. The molecule has 0 aromatic rings. The van der Waals surface area contributed by atoms with E-state index in [0.29, 0.717) is 0 Å². The van der Waals surface area contributed by atoms with Crippen LogP contribution in [0.25, 0.3) is 0 Å². The van der Waals surface area contributed by atoms with Crippen LogP contribution in [0, 0.1) is 0 Å². The Balaban J connectivity index is 2.31. The molecule has 0 spiro atoms. The number of ether oxygens (including phenoxy) is 2. The smallest absolute Gasteiger partial charge is 0.329 e. The molecule has 1 fully saturated rings. The van der Waals surface area contributed by atoms with Crippen LogP contribution in [0.1, 0.15) is 25.7 Å². The molecule has 0 heterocycles. The first-order valence-electron chi connectivity index (χ1n) is 4.60. The first-order chi connectivity index (χ1) is 6.24. The number of carboxylic acid groups (broad SMARTS) is 1. The van der Waals surface area contributed by atoms with Gasteiger partial charge in [0.15, 0.2) is 0 Å². The van der Waals surface area contributed by atoms with Gasteiger partial charge >= 0.3 is 5.97 Å². The van der Waals surface area contributed by atoms with Gasteiger partial charge in [0.1, 0.15) is 6.61 Å². The first-order valence-corrected chi connectivity index (χ1v) is 4.60. The van der Waals surface area contributed by atoms with Crippen molar-refractivity contribution in [1.82, 2.24) is 0 Å². The summed E-state index contributed by atoms with van der Waals surface area (Å²) in [5, 5.41) is 8.44. The van der Waals surface area contributed by atoms with Crippen LogP contribution in [0.5, 0.6) is 0 Å². The van der Waals surface area contributed by atoms with Crippen LogP contribution < -0.4 is 0 Å². The van der Waals surface area contributed by atoms with E-state index in [1.807, 2.05) is 0 Å². The Morgan fingerprint density at radius 1 is 1.38 bits per heavy atom. The molecule has 0 saturated heterocycles. The Morgan fingerprint density at radius 3 is 2.54 bits per heavy atom. The minimum absolute atomic E-state index is 0.0325. The largest absolute Gasteiger partial charge is 0.480 e. The average molecular weight is 188 g/mol. The maximum absolute atomic E-state index is 10.3. The van der Waals surface area contributed by atoms with E-state index in [-0.39, 0.29) is 18.8 Å². The van der Waals surface area contributed by atoms with Crippen molar-refractivity contribution in [2.75, 3.05) is 13.7 Å². The van der Waals surface area contributed by atoms with E-state index in [9.17, 15) is 4.79 Å². The van der Waals surface area contributed by atoms with Gasteiger partial charge in [-0.25, -0.2) is 4.79 Å². The van der Waals surface area contributed by atoms with Gasteiger partial charge in [-0.1, -0.05) is 12.8 Å². The maximum atomic E-state index is 10.3. The number of hydrogen-bond donors (Lipinski definition) is 1. The lowest BCUT2D eigenvalue weighted by molar-refractivity contribution is -0.149. The summed E-state index contributed by atoms with van der Waals surface area (Å²) >= 11 is 0. The molecular formula is C9H16O4. The maximum Gasteiger partial charge on any atom is 0.329 e. The predicted molar refractivity (Wildman–Crippen MR) is 46.6 cm³/mol. The minimum Gasteiger partial charge on any atom is -0.480 e. The van der Waals surface area contributed by atoms with E-state index in [1.54, 1.807) is 7.11 Å². The minimum atomic E-state index is -0.916. The van der Waals surface area contributed by atoms with Crippen molar-refractivity contribution in [3.8, 4) is 0 Å². The Morgan fingerprint density at radius 2 is 2.00 bits per heavy atom. The molecule has 0 aromatic heterocycles. The Labute approximate surface area is 77.8 Å². The average Bonchev–Trinajstić information content (AvgIpc) is 2.15. The summed E-state index contributed by atoms with van der Waals surface area (Å²) in [5.74, 6) is -0.916. The second-order valence-electron chi connectivity index (χ2n) is 3.30. The van der Waals surface area contributed by atoms with Crippen molar-refractivity contribution in [3.05, 3.63) is 0 Å². The van der Waals surface area contributed by atoms with E-state index in [2.05, 4.69) is 0 Å². The van der Waals surface area contributed by atoms with Gasteiger partial charge in [-0.05, 0) is 12.8 Å². The van der Waals surface area contributed by atoms with Crippen LogP contribution in [0.4, 0.5) is 0 Å². The number of carboxylic acids is 1. The molecule has 2 atom stereocenters. The number of rotatable bonds is 4. The predicted octanol–water partition coefficient (Wildman–Crippen LogP) is 1.05. The van der Waals surface area contributed by atoms with Gasteiger partial charge in [0.2, 0.25) is 0 Å². The van der Waals surface area contributed by atoms with Crippen molar-refractivity contribution in [1.29, 1.82) is 0 Å². The first kappa shape index (κ1) is 10.5. The third-order valence-corrected chi connectivity index (χ3v) is 2.37. The third-order valence-electron chi connectivity index (χ3n) is 2.37. The number of hydrogen-bond acceptors (Lipinski definition) is 3. The van der Waals surface area contributed by atoms with Gasteiger partial charge < -0.3 is 14.6 Å². The van der Waals surface area contributed by atoms with Gasteiger partial charge in [0.25, 0.3) is 0 Å². The standard InChI is InChI=1S/C9H16O4/c1-12-7-4-2-3-5-8(7)13-6-9(10)11/h7-8H,2-6H2,1H3,(H,10,11). The van der Waals surface area contributed by atoms with Crippen molar-refractivity contribution < 1.29 is 19.4 Å². The molecule has 1 aliphatic rings. The zero-order valence-corrected chi connectivity index (χ0v) is 7.86. The molecule has 0 amide bonds. The molecule has 1 aliphatic carbocycles. The quantitative estimate of drug-likeness (QED) is 0.716. The summed E-state index contributed by atoms with van der Waals surface area (Å²) < 4.78 is 10.4. The van der Waals surface area contributed by atoms with Gasteiger partial charge in [0.05, 0.1) is 12.2 Å². The molecule has 13 heavy (non-hydrogen) atoms. The molecule has 1 rings (SSSR count). The molecule has 4 nitrogen and oxygen atoms in total. The SMILES string of the molecule is COC1CCCCC1OCC(=O)O. The highest BCUT2D eigenvalue weighted by Gasteiger charge is 2.25. The highest BCUT2D eigenvalue weighted by atomic mass is 16.5. The van der Waals surface area contributed by atoms with Gasteiger partial charge in [-0.15, -0.1) is 0 Å². The molecule has 2 unspecified atom stereocenters. The Hall–Kier alpha value is -0.610. The fourth-order valence-electron chi connectivity index (χ4n) is 1.70. The number of carbonyl (C=O) groups is 1. The fourth-order valence-corrected chi connectivity index (χ4v) is 1.70. The summed E-state index contributed by atoms with van der Waals surface area (Å²) in [7, 11) is 1.65. The van der Waals surface area contributed by atoms with Gasteiger partial charge in [-0.3, -0.25) is 0 Å². The zero-order valence-electron chi connectivity index (χ0n) is 7.86. The van der Waals surface area contributed by atoms with E-state index in [4.69, 9.17) is 14.6 Å². The second-order valence-corrected chi connectivity index (χ2v) is 3.30. The Kier molecular flexibility index (Phi) is 4.18. The topological polar surface area (TPSA) is 55.8 Å². The van der Waals surface area contributed by atoms with Crippen LogP contribution in [0.3, 0.4) is 0 Å². The molecule has 1 saturated carbocycles. The third kappa shape index (κ3) is 3.32. The normalized spacial score (nSPS) is 28.7. The lowest BCUT2D eigenvalue weighted by Gasteiger charge is -2.29. The molecule has 4 heteroatoms. The van der Waals surface area contributed by atoms with Crippen LogP contribution in [-0.2, 0) is 14.3 Å². The van der Waals surface area contributed by atoms with E-state index >= 15 is 0 Å². The summed E-state index contributed by atoms with van der Waals surface area (Å²) in [4.78, 5) is 10.3. The van der Waals surface area contributed by atoms with Crippen LogP contribution in [0.2, 0.25) is 0 Å². The number of methoxy groups -OCH3 is 1. The summed E-state index contributed by atoms with van der Waals surface area (Å²) in [6.07, 6.45) is 4.17. The van der Waals surface area contributed by atoms with Crippen LogP contribution >= 0.6 is 0 Å². The van der Waals surface area contributed by atoms with E-state index < -0.39 is 5.97 Å². The molecule has 0 radical (unpaired) electrons. The van der Waals surface area contributed by atoms with E-state index in [0.717, 1.165) is 25.7 Å². The second kappa shape index (κ2) is 5.19. The molecule has 0 bridgehead atoms. The molecule has 0 aromatic carbocycles. The monoisotopic (exact) mass is 188 g/mol. The highest BCUT2D eigenvalue weighted by molar-refractivity contribution is 5.68. The van der Waals surface area contributed by atoms with Crippen molar-refractivity contribution in [2.45, 2.75) is 37.9 Å². The summed E-state index contributed by atoms with van der Waals surface area (Å²) in [6, 6.07) is 0. The summed E-state index contributed by atoms with van der Waals surface area (Å²) in [6.45, 7) is -0.218. The highest BCUT2D eigenvalue weighted by Crippen LogP contribution is 2.23. The summed E-state index contributed by atoms with van der Waals surface area (Å²) in [5.41, 5.74) is 0. The van der Waals surface area contributed by atoms with E-state index in [1.165, 1.54) is 0 Å². The van der Waals surface area contributed by atoms with Crippen molar-refractivity contribution in [2.24, 2.45) is 0 Å². The molecular weight excluding hydrogens is 172 g/mol. The molecule has 76 valence electrons. The number of aliphatic carboxylic acids is 1. The van der Waals surface area contributed by atoms with Crippen molar-refractivity contribution >= 4 is 5.97 Å². The lowest BCUT2D eigenvalue weighted by atomic mass is 9.94. The lowest BCUT2D eigenvalue weighted by Crippen LogP contribution is -2.35. The zero-order chi connectivity index (χ0) is 9.68. The molecule has 0 aliphatic heterocycles. The van der Waals surface area contributed by atoms with Crippen LogP contribution in [-0.4, -0.2) is 37.0 Å². The fraction of sp³-hybridized carbons (Fsp3) is 0.889.